The van der Waals surface area contributed by atoms with E-state index in [1.165, 1.54) is 0 Å². The lowest BCUT2D eigenvalue weighted by Crippen LogP contribution is -2.31. The summed E-state index contributed by atoms with van der Waals surface area (Å²) in [6, 6.07) is 7.51. The second-order valence-corrected chi connectivity index (χ2v) is 6.22. The van der Waals surface area contributed by atoms with E-state index < -0.39 is 0 Å². The molecule has 1 amide bonds. The first-order valence-electron chi connectivity index (χ1n) is 7.78. The quantitative estimate of drug-likeness (QED) is 0.819. The van der Waals surface area contributed by atoms with Gasteiger partial charge in [0, 0.05) is 25.4 Å². The van der Waals surface area contributed by atoms with Gasteiger partial charge >= 0.3 is 0 Å². The monoisotopic (exact) mass is 290 g/mol. The summed E-state index contributed by atoms with van der Waals surface area (Å²) in [6.07, 6.45) is 2.68. The van der Waals surface area contributed by atoms with Gasteiger partial charge in [0.2, 0.25) is 5.91 Å². The molecule has 1 aliphatic rings. The Balaban J connectivity index is 1.75. The Kier molecular flexibility index (Phi) is 5.62. The van der Waals surface area contributed by atoms with Crippen molar-refractivity contribution in [3.63, 3.8) is 0 Å². The van der Waals surface area contributed by atoms with Crippen molar-refractivity contribution in [2.24, 2.45) is 5.92 Å². The van der Waals surface area contributed by atoms with Gasteiger partial charge in [-0.05, 0) is 36.5 Å². The summed E-state index contributed by atoms with van der Waals surface area (Å²) in [4.78, 5) is 14.2. The smallest absolute Gasteiger partial charge is 0.227 e. The van der Waals surface area contributed by atoms with Gasteiger partial charge in [0.1, 0.15) is 0 Å². The fourth-order valence-electron chi connectivity index (χ4n) is 2.48. The van der Waals surface area contributed by atoms with E-state index in [2.05, 4.69) is 13.8 Å². The molecule has 0 aliphatic carbocycles. The van der Waals surface area contributed by atoms with Gasteiger partial charge < -0.3 is 15.4 Å². The fraction of sp³-hybridized carbons (Fsp3) is 0.588. The molecular formula is C17H26N2O2. The third-order valence-corrected chi connectivity index (χ3v) is 3.88. The minimum Gasteiger partial charge on any atom is -0.399 e. The van der Waals surface area contributed by atoms with Crippen LogP contribution in [0.3, 0.4) is 0 Å². The Morgan fingerprint density at radius 3 is 2.76 bits per heavy atom. The largest absolute Gasteiger partial charge is 0.399 e. The van der Waals surface area contributed by atoms with Crippen molar-refractivity contribution >= 4 is 11.6 Å². The summed E-state index contributed by atoms with van der Waals surface area (Å²) in [5.41, 5.74) is 7.39. The second-order valence-electron chi connectivity index (χ2n) is 6.22. The maximum Gasteiger partial charge on any atom is 0.227 e. The molecule has 2 rings (SSSR count). The minimum atomic E-state index is 0.176. The molecule has 2 N–H and O–H groups in total. The molecule has 0 aromatic heterocycles. The molecule has 1 atom stereocenters. The number of benzene rings is 1. The lowest BCUT2D eigenvalue weighted by molar-refractivity contribution is -0.130. The molecule has 1 aliphatic heterocycles. The zero-order valence-electron chi connectivity index (χ0n) is 13.0. The number of nitrogen functional groups attached to an aromatic ring is 1. The normalized spacial score (nSPS) is 18.4. The fourth-order valence-corrected chi connectivity index (χ4v) is 2.48. The second kappa shape index (κ2) is 7.46. The summed E-state index contributed by atoms with van der Waals surface area (Å²) in [5, 5.41) is 0. The van der Waals surface area contributed by atoms with Crippen molar-refractivity contribution in [2.45, 2.75) is 39.2 Å². The van der Waals surface area contributed by atoms with Gasteiger partial charge in [-0.25, -0.2) is 0 Å². The Morgan fingerprint density at radius 2 is 2.10 bits per heavy atom. The van der Waals surface area contributed by atoms with Crippen LogP contribution in [-0.4, -0.2) is 36.6 Å². The molecule has 1 aromatic rings. The summed E-state index contributed by atoms with van der Waals surface area (Å²) in [5.74, 6) is 0.837. The summed E-state index contributed by atoms with van der Waals surface area (Å²) < 4.78 is 5.85. The topological polar surface area (TPSA) is 55.6 Å². The van der Waals surface area contributed by atoms with Crippen LogP contribution < -0.4 is 5.73 Å². The van der Waals surface area contributed by atoms with Gasteiger partial charge in [-0.3, -0.25) is 4.79 Å². The van der Waals surface area contributed by atoms with Crippen molar-refractivity contribution in [2.75, 3.05) is 25.4 Å². The van der Waals surface area contributed by atoms with Crippen LogP contribution in [0.1, 0.15) is 32.3 Å². The molecule has 1 saturated heterocycles. The summed E-state index contributed by atoms with van der Waals surface area (Å²) in [6.45, 7) is 6.72. The van der Waals surface area contributed by atoms with E-state index in [9.17, 15) is 4.79 Å². The van der Waals surface area contributed by atoms with Crippen LogP contribution in [0.5, 0.6) is 0 Å². The van der Waals surface area contributed by atoms with E-state index in [0.717, 1.165) is 43.8 Å². The minimum absolute atomic E-state index is 0.176. The van der Waals surface area contributed by atoms with Crippen LogP contribution in [0, 0.1) is 5.92 Å². The van der Waals surface area contributed by atoms with Crippen molar-refractivity contribution in [3.05, 3.63) is 29.8 Å². The summed E-state index contributed by atoms with van der Waals surface area (Å²) >= 11 is 0. The average Bonchev–Trinajstić information content (AvgIpc) is 2.90. The Bertz CT molecular complexity index is 456. The molecule has 1 fully saturated rings. The van der Waals surface area contributed by atoms with E-state index in [1.54, 1.807) is 0 Å². The standard InChI is InChI=1S/C17H26N2O2/c1-13(2)8-10-21-16-7-9-19(12-16)17(20)11-14-3-5-15(18)6-4-14/h3-6,13,16H,7-12,18H2,1-2H3. The van der Waals surface area contributed by atoms with Crippen molar-refractivity contribution < 1.29 is 9.53 Å². The van der Waals surface area contributed by atoms with Gasteiger partial charge in [0.15, 0.2) is 0 Å². The number of hydrogen-bond acceptors (Lipinski definition) is 3. The van der Waals surface area contributed by atoms with Crippen LogP contribution >= 0.6 is 0 Å². The van der Waals surface area contributed by atoms with E-state index in [4.69, 9.17) is 10.5 Å². The highest BCUT2D eigenvalue weighted by atomic mass is 16.5. The van der Waals surface area contributed by atoms with Gasteiger partial charge in [-0.1, -0.05) is 26.0 Å². The number of rotatable bonds is 6. The third kappa shape index (κ3) is 5.05. The first-order chi connectivity index (χ1) is 10.0. The Morgan fingerprint density at radius 1 is 1.38 bits per heavy atom. The van der Waals surface area contributed by atoms with E-state index >= 15 is 0 Å². The zero-order chi connectivity index (χ0) is 15.2. The summed E-state index contributed by atoms with van der Waals surface area (Å²) in [7, 11) is 0. The van der Waals surface area contributed by atoms with Crippen LogP contribution in [0.25, 0.3) is 0 Å². The molecule has 4 nitrogen and oxygen atoms in total. The molecule has 0 saturated carbocycles. The van der Waals surface area contributed by atoms with Crippen molar-refractivity contribution in [3.8, 4) is 0 Å². The number of amides is 1. The third-order valence-electron chi connectivity index (χ3n) is 3.88. The number of ether oxygens (including phenoxy) is 1. The van der Waals surface area contributed by atoms with E-state index in [1.807, 2.05) is 29.2 Å². The van der Waals surface area contributed by atoms with Crippen LogP contribution in [0.15, 0.2) is 24.3 Å². The molecule has 1 aromatic carbocycles. The lowest BCUT2D eigenvalue weighted by Gasteiger charge is -2.17. The molecule has 0 radical (unpaired) electrons. The Hall–Kier alpha value is -1.55. The van der Waals surface area contributed by atoms with Gasteiger partial charge in [0.25, 0.3) is 0 Å². The predicted molar refractivity (Wildman–Crippen MR) is 85.0 cm³/mol. The molecule has 0 spiro atoms. The first-order valence-corrected chi connectivity index (χ1v) is 7.78. The van der Waals surface area contributed by atoms with E-state index in [0.29, 0.717) is 12.3 Å². The molecule has 21 heavy (non-hydrogen) atoms. The molecule has 4 heteroatoms. The number of likely N-dealkylation sites (tertiary alicyclic amines) is 1. The number of carbonyl (C=O) groups is 1. The molecule has 116 valence electrons. The van der Waals surface area contributed by atoms with Gasteiger partial charge in [0.05, 0.1) is 12.5 Å². The highest BCUT2D eigenvalue weighted by molar-refractivity contribution is 5.79. The predicted octanol–water partition coefficient (Wildman–Crippen LogP) is 2.47. The average molecular weight is 290 g/mol. The molecule has 1 heterocycles. The van der Waals surface area contributed by atoms with Crippen LogP contribution in [0.2, 0.25) is 0 Å². The molecule has 0 bridgehead atoms. The van der Waals surface area contributed by atoms with Gasteiger partial charge in [-0.15, -0.1) is 0 Å². The highest BCUT2D eigenvalue weighted by Crippen LogP contribution is 2.16. The number of nitrogens with zero attached hydrogens (tertiary/aromatic N) is 1. The highest BCUT2D eigenvalue weighted by Gasteiger charge is 2.26. The maximum atomic E-state index is 12.3. The molecular weight excluding hydrogens is 264 g/mol. The van der Waals surface area contributed by atoms with E-state index in [-0.39, 0.29) is 12.0 Å². The van der Waals surface area contributed by atoms with Crippen molar-refractivity contribution in [1.82, 2.24) is 4.90 Å². The first kappa shape index (κ1) is 15.8. The Labute approximate surface area is 127 Å². The maximum absolute atomic E-state index is 12.3. The number of carbonyl (C=O) groups excluding carboxylic acids is 1. The number of anilines is 1. The van der Waals surface area contributed by atoms with Gasteiger partial charge in [-0.2, -0.15) is 0 Å². The van der Waals surface area contributed by atoms with Crippen LogP contribution in [-0.2, 0) is 16.0 Å². The molecule has 1 unspecified atom stereocenters. The zero-order valence-corrected chi connectivity index (χ0v) is 13.0. The lowest BCUT2D eigenvalue weighted by atomic mass is 10.1. The number of hydrogen-bond donors (Lipinski definition) is 1. The SMILES string of the molecule is CC(C)CCOC1CCN(C(=O)Cc2ccc(N)cc2)C1. The van der Waals surface area contributed by atoms with Crippen LogP contribution in [0.4, 0.5) is 5.69 Å². The number of nitrogens with two attached hydrogens (primary N) is 1. The van der Waals surface area contributed by atoms with Crippen molar-refractivity contribution in [1.29, 1.82) is 0 Å².